The molecule has 1 fully saturated rings. The second kappa shape index (κ2) is 8.34. The van der Waals surface area contributed by atoms with Crippen molar-refractivity contribution in [3.63, 3.8) is 0 Å². The Labute approximate surface area is 142 Å². The average Bonchev–Trinajstić information content (AvgIpc) is 3.26. The number of rotatable bonds is 7. The molecular weight excluding hydrogens is 306 g/mol. The van der Waals surface area contributed by atoms with Crippen molar-refractivity contribution in [2.45, 2.75) is 51.5 Å². The summed E-state index contributed by atoms with van der Waals surface area (Å²) in [5.74, 6) is 0.888. The van der Waals surface area contributed by atoms with E-state index in [-0.39, 0.29) is 0 Å². The highest BCUT2D eigenvalue weighted by molar-refractivity contribution is 7.09. The van der Waals surface area contributed by atoms with E-state index in [1.165, 1.54) is 37.0 Å². The summed E-state index contributed by atoms with van der Waals surface area (Å²) >= 11 is 1.76. The molecule has 2 heterocycles. The van der Waals surface area contributed by atoms with E-state index in [9.17, 15) is 4.79 Å². The number of hydrogen-bond donors (Lipinski definition) is 0. The van der Waals surface area contributed by atoms with Gasteiger partial charge in [0.25, 0.3) is 0 Å². The Morgan fingerprint density at radius 3 is 2.83 bits per heavy atom. The predicted octanol–water partition coefficient (Wildman–Crippen LogP) is 4.88. The van der Waals surface area contributed by atoms with Crippen molar-refractivity contribution in [3.05, 3.63) is 46.5 Å². The van der Waals surface area contributed by atoms with Gasteiger partial charge in [-0.15, -0.1) is 11.3 Å². The number of furan rings is 1. The molecule has 0 atom stereocenters. The minimum atomic E-state index is 0.301. The van der Waals surface area contributed by atoms with Crippen LogP contribution in [0.15, 0.2) is 40.5 Å². The molecular formula is C19H25NO2S. The molecule has 2 aromatic heterocycles. The molecule has 1 aliphatic rings. The van der Waals surface area contributed by atoms with E-state index in [1.54, 1.807) is 23.9 Å². The van der Waals surface area contributed by atoms with Gasteiger partial charge in [0.1, 0.15) is 0 Å². The van der Waals surface area contributed by atoms with E-state index in [1.807, 2.05) is 11.0 Å². The van der Waals surface area contributed by atoms with Gasteiger partial charge in [-0.3, -0.25) is 4.79 Å². The van der Waals surface area contributed by atoms with Crippen LogP contribution in [0.2, 0.25) is 0 Å². The summed E-state index contributed by atoms with van der Waals surface area (Å²) in [7, 11) is 0. The molecule has 0 radical (unpaired) electrons. The van der Waals surface area contributed by atoms with Crippen LogP contribution in [-0.2, 0) is 17.8 Å². The maximum atomic E-state index is 12.8. The summed E-state index contributed by atoms with van der Waals surface area (Å²) in [6.45, 7) is 1.45. The molecule has 0 bridgehead atoms. The van der Waals surface area contributed by atoms with Gasteiger partial charge in [-0.05, 0) is 42.7 Å². The van der Waals surface area contributed by atoms with Crippen molar-refractivity contribution in [3.8, 4) is 0 Å². The summed E-state index contributed by atoms with van der Waals surface area (Å²) in [4.78, 5) is 16.1. The van der Waals surface area contributed by atoms with Crippen LogP contribution in [0.1, 0.15) is 49.0 Å². The predicted molar refractivity (Wildman–Crippen MR) is 93.3 cm³/mol. The summed E-state index contributed by atoms with van der Waals surface area (Å²) in [5.41, 5.74) is 1.08. The number of hydrogen-bond acceptors (Lipinski definition) is 3. The van der Waals surface area contributed by atoms with Crippen LogP contribution in [-0.4, -0.2) is 17.4 Å². The molecule has 0 N–H and O–H groups in total. The Balaban J connectivity index is 1.59. The van der Waals surface area contributed by atoms with Crippen molar-refractivity contribution in [2.24, 2.45) is 5.92 Å². The van der Waals surface area contributed by atoms with Crippen LogP contribution >= 0.6 is 11.3 Å². The van der Waals surface area contributed by atoms with E-state index in [0.29, 0.717) is 24.8 Å². The molecule has 4 heteroatoms. The lowest BCUT2D eigenvalue weighted by Crippen LogP contribution is -2.33. The molecule has 1 amide bonds. The third-order valence-corrected chi connectivity index (χ3v) is 5.64. The number of carbonyl (C=O) groups excluding carboxylic acids is 1. The van der Waals surface area contributed by atoms with Crippen molar-refractivity contribution < 1.29 is 9.21 Å². The standard InChI is InChI=1S/C19H25NO2S/c21-19(13-16-5-2-1-3-6-16)20(14-17-9-11-22-15-17)10-8-18-7-4-12-23-18/h4,7,9,11-12,15-16H,1-3,5-6,8,10,13-14H2. The zero-order valence-electron chi connectivity index (χ0n) is 13.6. The molecule has 23 heavy (non-hydrogen) atoms. The largest absolute Gasteiger partial charge is 0.472 e. The topological polar surface area (TPSA) is 33.5 Å². The average molecular weight is 331 g/mol. The first-order valence-electron chi connectivity index (χ1n) is 8.62. The number of thiophene rings is 1. The smallest absolute Gasteiger partial charge is 0.223 e. The zero-order valence-corrected chi connectivity index (χ0v) is 14.4. The molecule has 0 unspecified atom stereocenters. The summed E-state index contributed by atoms with van der Waals surface area (Å²) in [5, 5.41) is 2.10. The van der Waals surface area contributed by atoms with Gasteiger partial charge in [-0.1, -0.05) is 25.3 Å². The highest BCUT2D eigenvalue weighted by atomic mass is 32.1. The highest BCUT2D eigenvalue weighted by Gasteiger charge is 2.21. The number of nitrogens with zero attached hydrogens (tertiary/aromatic N) is 1. The van der Waals surface area contributed by atoms with Crippen LogP contribution in [0.25, 0.3) is 0 Å². The maximum Gasteiger partial charge on any atom is 0.223 e. The van der Waals surface area contributed by atoms with E-state index < -0.39 is 0 Å². The SMILES string of the molecule is O=C(CC1CCCCC1)N(CCc1cccs1)Cc1ccoc1. The Morgan fingerprint density at radius 1 is 1.26 bits per heavy atom. The van der Waals surface area contributed by atoms with Gasteiger partial charge in [-0.2, -0.15) is 0 Å². The molecule has 3 nitrogen and oxygen atoms in total. The Hall–Kier alpha value is -1.55. The van der Waals surface area contributed by atoms with Crippen LogP contribution in [0.3, 0.4) is 0 Å². The Morgan fingerprint density at radius 2 is 2.13 bits per heavy atom. The lowest BCUT2D eigenvalue weighted by molar-refractivity contribution is -0.133. The lowest BCUT2D eigenvalue weighted by atomic mass is 9.86. The summed E-state index contributed by atoms with van der Waals surface area (Å²) < 4.78 is 5.16. The van der Waals surface area contributed by atoms with Crippen molar-refractivity contribution in [1.82, 2.24) is 4.90 Å². The van der Waals surface area contributed by atoms with E-state index in [0.717, 1.165) is 18.5 Å². The van der Waals surface area contributed by atoms with Gasteiger partial charge >= 0.3 is 0 Å². The highest BCUT2D eigenvalue weighted by Crippen LogP contribution is 2.27. The molecule has 0 aromatic carbocycles. The number of carbonyl (C=O) groups is 1. The quantitative estimate of drug-likeness (QED) is 0.724. The van der Waals surface area contributed by atoms with Gasteiger partial charge in [0.15, 0.2) is 0 Å². The van der Waals surface area contributed by atoms with Crippen molar-refractivity contribution in [1.29, 1.82) is 0 Å². The fraction of sp³-hybridized carbons (Fsp3) is 0.526. The second-order valence-corrected chi connectivity index (χ2v) is 7.52. The van der Waals surface area contributed by atoms with E-state index >= 15 is 0 Å². The normalized spacial score (nSPS) is 15.7. The Kier molecular flexibility index (Phi) is 5.92. The van der Waals surface area contributed by atoms with Crippen molar-refractivity contribution in [2.75, 3.05) is 6.54 Å². The van der Waals surface area contributed by atoms with Crippen LogP contribution in [0.5, 0.6) is 0 Å². The number of amides is 1. The molecule has 0 aliphatic heterocycles. The first-order chi connectivity index (χ1) is 11.3. The second-order valence-electron chi connectivity index (χ2n) is 6.48. The van der Waals surface area contributed by atoms with Gasteiger partial charge in [0, 0.05) is 30.0 Å². The minimum absolute atomic E-state index is 0.301. The van der Waals surface area contributed by atoms with Gasteiger partial charge in [0.05, 0.1) is 12.5 Å². The van der Waals surface area contributed by atoms with E-state index in [2.05, 4.69) is 17.5 Å². The van der Waals surface area contributed by atoms with Crippen LogP contribution in [0.4, 0.5) is 0 Å². The molecule has 0 spiro atoms. The Bertz CT molecular complexity index is 571. The molecule has 124 valence electrons. The fourth-order valence-corrected chi connectivity index (χ4v) is 4.06. The molecule has 3 rings (SSSR count). The summed E-state index contributed by atoms with van der Waals surface area (Å²) in [6, 6.07) is 6.17. The van der Waals surface area contributed by atoms with Gasteiger partial charge < -0.3 is 9.32 Å². The third kappa shape index (κ3) is 4.96. The zero-order chi connectivity index (χ0) is 15.9. The van der Waals surface area contributed by atoms with Gasteiger partial charge in [0.2, 0.25) is 5.91 Å². The summed E-state index contributed by atoms with van der Waals surface area (Å²) in [6.07, 6.45) is 11.4. The molecule has 1 aliphatic carbocycles. The van der Waals surface area contributed by atoms with Crippen LogP contribution in [0, 0.1) is 5.92 Å². The first kappa shape index (κ1) is 16.3. The van der Waals surface area contributed by atoms with Gasteiger partial charge in [-0.25, -0.2) is 0 Å². The van der Waals surface area contributed by atoms with Crippen molar-refractivity contribution >= 4 is 17.2 Å². The van der Waals surface area contributed by atoms with Crippen LogP contribution < -0.4 is 0 Å². The first-order valence-corrected chi connectivity index (χ1v) is 9.50. The lowest BCUT2D eigenvalue weighted by Gasteiger charge is -2.26. The third-order valence-electron chi connectivity index (χ3n) is 4.70. The maximum absolute atomic E-state index is 12.8. The minimum Gasteiger partial charge on any atom is -0.472 e. The molecule has 1 saturated carbocycles. The van der Waals surface area contributed by atoms with E-state index in [4.69, 9.17) is 4.42 Å². The monoisotopic (exact) mass is 331 g/mol. The molecule has 0 saturated heterocycles. The molecule has 2 aromatic rings. The fourth-order valence-electron chi connectivity index (χ4n) is 3.36.